The number of benzene rings is 3. The Morgan fingerprint density at radius 3 is 2.55 bits per heavy atom. The number of halogens is 1. The van der Waals surface area contributed by atoms with Crippen LogP contribution in [-0.2, 0) is 27.2 Å². The third kappa shape index (κ3) is 7.49. The minimum absolute atomic E-state index is 0.0563. The molecule has 4 rings (SSSR count). The molecule has 10 nitrogen and oxygen atoms in total. The average molecular weight is 637 g/mol. The Balaban J connectivity index is 1.80. The van der Waals surface area contributed by atoms with E-state index in [4.69, 9.17) is 29.8 Å². The summed E-state index contributed by atoms with van der Waals surface area (Å²) < 4.78 is 18.2. The van der Waals surface area contributed by atoms with Crippen LogP contribution in [0.5, 0.6) is 5.75 Å². The van der Waals surface area contributed by atoms with E-state index in [-0.39, 0.29) is 25.5 Å². The van der Waals surface area contributed by atoms with Gasteiger partial charge in [0.05, 0.1) is 13.2 Å². The maximum atomic E-state index is 14.3. The van der Waals surface area contributed by atoms with Crippen LogP contribution in [0.3, 0.4) is 0 Å². The fourth-order valence-electron chi connectivity index (χ4n) is 4.80. The van der Waals surface area contributed by atoms with Crippen molar-refractivity contribution in [2.24, 2.45) is 10.1 Å². The fourth-order valence-corrected chi connectivity index (χ4v) is 5.29. The number of nitrogens with one attached hydrogen (secondary N) is 1. The van der Waals surface area contributed by atoms with Crippen molar-refractivity contribution in [1.29, 1.82) is 0 Å². The largest absolute Gasteiger partial charge is 0.494 e. The Morgan fingerprint density at radius 1 is 1.10 bits per heavy atom. The van der Waals surface area contributed by atoms with Gasteiger partial charge in [0.15, 0.2) is 11.6 Å². The second kappa shape index (κ2) is 15.4. The van der Waals surface area contributed by atoms with Crippen molar-refractivity contribution >= 4 is 27.7 Å². The van der Waals surface area contributed by atoms with Gasteiger partial charge in [0.1, 0.15) is 5.75 Å². The summed E-state index contributed by atoms with van der Waals surface area (Å²) in [5, 5.41) is 15.9. The summed E-state index contributed by atoms with van der Waals surface area (Å²) in [6.45, 7) is 1.52. The number of aliphatic imine (C=N–C) groups is 1. The first-order valence-electron chi connectivity index (χ1n) is 13.7. The van der Waals surface area contributed by atoms with Crippen molar-refractivity contribution in [3.05, 3.63) is 110 Å². The lowest BCUT2D eigenvalue weighted by Crippen LogP contribution is -2.50. The second-order valence-corrected chi connectivity index (χ2v) is 10.6. The number of rotatable bonds is 15. The summed E-state index contributed by atoms with van der Waals surface area (Å²) in [7, 11) is 1.62. The zero-order valence-corrected chi connectivity index (χ0v) is 25.0. The number of ether oxygens (including phenoxy) is 3. The lowest BCUT2D eigenvalue weighted by molar-refractivity contribution is -0.129. The summed E-state index contributed by atoms with van der Waals surface area (Å²) in [6.07, 6.45) is 0.617. The quantitative estimate of drug-likeness (QED) is 0.0958. The number of hydrogen-bond acceptors (Lipinski definition) is 7. The number of aliphatic hydroxyl groups excluding tert-OH is 1. The molecule has 0 saturated heterocycles. The summed E-state index contributed by atoms with van der Waals surface area (Å²) in [4.78, 5) is 22.2. The number of amides is 1. The third-order valence-electron chi connectivity index (χ3n) is 6.91. The topological polar surface area (TPSA) is 138 Å². The Kier molecular flexibility index (Phi) is 11.4. The number of azide groups is 1. The van der Waals surface area contributed by atoms with E-state index < -0.39 is 11.6 Å². The molecule has 42 heavy (non-hydrogen) atoms. The van der Waals surface area contributed by atoms with Crippen LogP contribution in [0.15, 0.2) is 87.4 Å². The monoisotopic (exact) mass is 635 g/mol. The van der Waals surface area contributed by atoms with Crippen molar-refractivity contribution in [2.45, 2.75) is 37.5 Å². The first kappa shape index (κ1) is 31.1. The molecule has 0 fully saturated rings. The van der Waals surface area contributed by atoms with Crippen molar-refractivity contribution in [2.75, 3.05) is 33.5 Å². The molecule has 0 spiro atoms. The molecule has 2 atom stereocenters. The molecule has 220 valence electrons. The number of carbonyl (C=O) groups excluding carboxylic acids is 1. The normalized spacial score (nSPS) is 17.6. The Morgan fingerprint density at radius 2 is 1.83 bits per heavy atom. The highest BCUT2D eigenvalue weighted by Crippen LogP contribution is 2.45. The number of aliphatic hydroxyl groups is 1. The highest BCUT2D eigenvalue weighted by atomic mass is 79.9. The van der Waals surface area contributed by atoms with Gasteiger partial charge in [0, 0.05) is 60.2 Å². The van der Waals surface area contributed by atoms with E-state index in [9.17, 15) is 4.79 Å². The Labute approximate surface area is 253 Å². The summed E-state index contributed by atoms with van der Waals surface area (Å²) in [5.74, 6) is 0.705. The fraction of sp³-hybridized carbons (Fsp3) is 0.355. The number of hydrogen-bond donors (Lipinski definition) is 2. The molecule has 0 radical (unpaired) electrons. The predicted molar refractivity (Wildman–Crippen MR) is 163 cm³/mol. The molecule has 2 N–H and O–H groups in total. The second-order valence-electron chi connectivity index (χ2n) is 9.75. The highest BCUT2D eigenvalue weighted by Gasteiger charge is 2.53. The molecular weight excluding hydrogens is 602 g/mol. The van der Waals surface area contributed by atoms with E-state index >= 15 is 0 Å². The maximum Gasteiger partial charge on any atom is 0.252 e. The molecule has 0 aliphatic carbocycles. The van der Waals surface area contributed by atoms with E-state index in [0.717, 1.165) is 21.2 Å². The van der Waals surface area contributed by atoms with E-state index in [1.165, 1.54) is 0 Å². The number of methoxy groups -OCH3 is 1. The first-order valence-corrected chi connectivity index (χ1v) is 14.5. The van der Waals surface area contributed by atoms with Gasteiger partial charge >= 0.3 is 0 Å². The highest BCUT2D eigenvalue weighted by molar-refractivity contribution is 9.10. The minimum atomic E-state index is -1.38. The van der Waals surface area contributed by atoms with Crippen molar-refractivity contribution in [3.8, 4) is 5.75 Å². The van der Waals surface area contributed by atoms with Crippen LogP contribution in [-0.4, -0.2) is 55.9 Å². The van der Waals surface area contributed by atoms with Gasteiger partial charge in [-0.3, -0.25) is 4.79 Å². The van der Waals surface area contributed by atoms with E-state index in [2.05, 4.69) is 31.3 Å². The van der Waals surface area contributed by atoms with Gasteiger partial charge in [-0.05, 0) is 53.4 Å². The molecule has 1 aliphatic heterocycles. The van der Waals surface area contributed by atoms with Crippen LogP contribution in [0, 0.1) is 0 Å². The number of carbonyl (C=O) groups is 1. The SMILES string of the molecule is COCCCNC(=O)[C@]1(Cc2ccccc2CN=[N+]=[N-])N=C(c2ccc(OCCCO)cc2)O[C@@H]1c1ccccc1Br. The molecule has 1 heterocycles. The van der Waals surface area contributed by atoms with E-state index in [1.807, 2.05) is 72.8 Å². The predicted octanol–water partition coefficient (Wildman–Crippen LogP) is 5.67. The smallest absolute Gasteiger partial charge is 0.252 e. The maximum absolute atomic E-state index is 14.3. The summed E-state index contributed by atoms with van der Waals surface area (Å²) >= 11 is 3.66. The molecule has 1 aliphatic rings. The van der Waals surface area contributed by atoms with Crippen molar-refractivity contribution in [3.63, 3.8) is 0 Å². The molecular formula is C31H34BrN5O5. The van der Waals surface area contributed by atoms with Crippen LogP contribution in [0.2, 0.25) is 0 Å². The van der Waals surface area contributed by atoms with Crippen LogP contribution in [0.1, 0.15) is 41.2 Å². The zero-order valence-electron chi connectivity index (χ0n) is 23.4. The van der Waals surface area contributed by atoms with Crippen LogP contribution in [0.4, 0.5) is 0 Å². The van der Waals surface area contributed by atoms with Gasteiger partial charge in [-0.15, -0.1) is 0 Å². The van der Waals surface area contributed by atoms with Crippen molar-refractivity contribution < 1.29 is 24.1 Å². The molecule has 0 unspecified atom stereocenters. The molecule has 0 bridgehead atoms. The van der Waals surface area contributed by atoms with Gasteiger partial charge in [-0.1, -0.05) is 63.5 Å². The lowest BCUT2D eigenvalue weighted by Gasteiger charge is -2.32. The minimum Gasteiger partial charge on any atom is -0.494 e. The van der Waals surface area contributed by atoms with E-state index in [0.29, 0.717) is 49.8 Å². The molecule has 11 heteroatoms. The van der Waals surface area contributed by atoms with Crippen molar-refractivity contribution in [1.82, 2.24) is 5.32 Å². The van der Waals surface area contributed by atoms with Gasteiger partial charge in [0.25, 0.3) is 5.91 Å². The molecule has 3 aromatic rings. The van der Waals surface area contributed by atoms with Gasteiger partial charge < -0.3 is 24.6 Å². The molecule has 3 aromatic carbocycles. The lowest BCUT2D eigenvalue weighted by atomic mass is 9.81. The van der Waals surface area contributed by atoms with Gasteiger partial charge in [-0.25, -0.2) is 4.99 Å². The standard InChI is InChI=1S/C31H34BrN5O5/c1-40-18-6-16-34-30(39)31(20-23-8-2-3-9-24(23)21-35-37-33)28(26-10-4-5-11-27(26)32)42-29(36-31)22-12-14-25(15-13-22)41-19-7-17-38/h2-5,8-15,28,38H,6-7,16-21H2,1H3,(H,34,39)/t28-,31-/m1/s1. The zero-order chi connectivity index (χ0) is 29.8. The average Bonchev–Trinajstić information content (AvgIpc) is 3.39. The Bertz CT molecular complexity index is 1430. The van der Waals surface area contributed by atoms with Crippen LogP contribution in [0.25, 0.3) is 10.4 Å². The molecule has 0 aromatic heterocycles. The van der Waals surface area contributed by atoms with Gasteiger partial charge in [-0.2, -0.15) is 0 Å². The van der Waals surface area contributed by atoms with E-state index in [1.54, 1.807) is 7.11 Å². The van der Waals surface area contributed by atoms with Gasteiger partial charge in [0.2, 0.25) is 5.90 Å². The van der Waals surface area contributed by atoms with Crippen LogP contribution >= 0.6 is 15.9 Å². The third-order valence-corrected chi connectivity index (χ3v) is 7.63. The molecule has 0 saturated carbocycles. The Hall–Kier alpha value is -3.89. The summed E-state index contributed by atoms with van der Waals surface area (Å²) in [6, 6.07) is 22.5. The summed E-state index contributed by atoms with van der Waals surface area (Å²) in [5.41, 5.74) is 10.7. The van der Waals surface area contributed by atoms with Crippen LogP contribution < -0.4 is 10.1 Å². The first-order chi connectivity index (χ1) is 20.5. The number of nitrogens with zero attached hydrogens (tertiary/aromatic N) is 4. The molecule has 1 amide bonds.